The summed E-state index contributed by atoms with van der Waals surface area (Å²) in [4.78, 5) is 11.7. The van der Waals surface area contributed by atoms with Gasteiger partial charge in [0, 0.05) is 36.6 Å². The predicted octanol–water partition coefficient (Wildman–Crippen LogP) is 0.890. The van der Waals surface area contributed by atoms with Gasteiger partial charge >= 0.3 is 0 Å². The lowest BCUT2D eigenvalue weighted by Gasteiger charge is -2.23. The first-order valence-electron chi connectivity index (χ1n) is 5.73. The number of carbonyl (C=O) groups is 1. The summed E-state index contributed by atoms with van der Waals surface area (Å²) in [6.45, 7) is 2.97. The third-order valence-electron chi connectivity index (χ3n) is 2.63. The highest BCUT2D eigenvalue weighted by Gasteiger charge is 2.18. The number of hydrogen-bond donors (Lipinski definition) is 2. The second-order valence-corrected chi connectivity index (χ2v) is 5.11. The smallest absolute Gasteiger partial charge is 0.221 e. The van der Waals surface area contributed by atoms with Crippen molar-refractivity contribution in [2.75, 3.05) is 18.1 Å². The summed E-state index contributed by atoms with van der Waals surface area (Å²) in [6, 6.07) is 2.39. The summed E-state index contributed by atoms with van der Waals surface area (Å²) < 4.78 is 0. The van der Waals surface area contributed by atoms with E-state index in [1.165, 1.54) is 0 Å². The fourth-order valence-corrected chi connectivity index (χ4v) is 2.62. The van der Waals surface area contributed by atoms with Crippen LogP contribution in [0.25, 0.3) is 0 Å². The van der Waals surface area contributed by atoms with Gasteiger partial charge in [0.1, 0.15) is 0 Å². The number of thioether (sulfide) groups is 1. The van der Waals surface area contributed by atoms with Crippen LogP contribution >= 0.6 is 11.8 Å². The van der Waals surface area contributed by atoms with Crippen LogP contribution in [0.3, 0.4) is 0 Å². The van der Waals surface area contributed by atoms with Gasteiger partial charge in [-0.1, -0.05) is 6.92 Å². The van der Waals surface area contributed by atoms with Gasteiger partial charge < -0.3 is 10.6 Å². The minimum atomic E-state index is 0.00810. The van der Waals surface area contributed by atoms with Gasteiger partial charge in [-0.15, -0.1) is 0 Å². The molecule has 2 N–H and O–H groups in total. The molecule has 16 heavy (non-hydrogen) atoms. The first-order chi connectivity index (χ1) is 7.76. The Balaban J connectivity index is 2.25. The lowest BCUT2D eigenvalue weighted by atomic mass is 10.1. The van der Waals surface area contributed by atoms with Gasteiger partial charge in [0.15, 0.2) is 0 Å². The van der Waals surface area contributed by atoms with E-state index in [2.05, 4.69) is 16.7 Å². The molecule has 1 heterocycles. The maximum absolute atomic E-state index is 11.7. The molecule has 2 unspecified atom stereocenters. The minimum absolute atomic E-state index is 0.00810. The summed E-state index contributed by atoms with van der Waals surface area (Å²) in [6.07, 6.45) is 1.73. The minimum Gasteiger partial charge on any atom is -0.352 e. The van der Waals surface area contributed by atoms with E-state index in [-0.39, 0.29) is 11.9 Å². The van der Waals surface area contributed by atoms with E-state index in [0.717, 1.165) is 24.5 Å². The Bertz CT molecular complexity index is 258. The Morgan fingerprint density at radius 2 is 2.56 bits per heavy atom. The van der Waals surface area contributed by atoms with Crippen molar-refractivity contribution in [1.82, 2.24) is 10.6 Å². The zero-order valence-corrected chi connectivity index (χ0v) is 10.5. The molecular formula is C11H19N3OS. The van der Waals surface area contributed by atoms with Crippen LogP contribution < -0.4 is 10.6 Å². The fraction of sp³-hybridized carbons (Fsp3) is 0.818. The number of carbonyl (C=O) groups excluding carboxylic acids is 1. The van der Waals surface area contributed by atoms with Crippen molar-refractivity contribution < 1.29 is 4.79 Å². The highest BCUT2D eigenvalue weighted by atomic mass is 32.2. The Labute approximate surface area is 101 Å². The molecule has 0 aromatic heterocycles. The van der Waals surface area contributed by atoms with Crippen molar-refractivity contribution in [1.29, 1.82) is 5.26 Å². The molecule has 1 aliphatic rings. The van der Waals surface area contributed by atoms with E-state index in [0.29, 0.717) is 18.9 Å². The number of rotatable bonds is 5. The van der Waals surface area contributed by atoms with Gasteiger partial charge in [0.25, 0.3) is 0 Å². The van der Waals surface area contributed by atoms with E-state index in [4.69, 9.17) is 5.26 Å². The van der Waals surface area contributed by atoms with Gasteiger partial charge in [0.2, 0.25) is 5.91 Å². The molecule has 0 aliphatic carbocycles. The molecule has 4 nitrogen and oxygen atoms in total. The second-order valence-electron chi connectivity index (χ2n) is 3.97. The standard InChI is InChI=1S/C11H19N3OS/c1-2-9(3-4-12)14-11(15)7-10-8-16-6-5-13-10/h9-10,13H,2-3,5-8H2,1H3,(H,14,15). The van der Waals surface area contributed by atoms with E-state index in [9.17, 15) is 4.79 Å². The van der Waals surface area contributed by atoms with Crippen LogP contribution in [0.5, 0.6) is 0 Å². The summed E-state index contributed by atoms with van der Waals surface area (Å²) in [5.41, 5.74) is 0. The van der Waals surface area contributed by atoms with Gasteiger partial charge in [-0.3, -0.25) is 4.79 Å². The molecule has 2 atom stereocenters. The zero-order chi connectivity index (χ0) is 11.8. The monoisotopic (exact) mass is 241 g/mol. The van der Waals surface area contributed by atoms with Crippen molar-refractivity contribution in [2.24, 2.45) is 0 Å². The van der Waals surface area contributed by atoms with E-state index in [1.54, 1.807) is 0 Å². The quantitative estimate of drug-likeness (QED) is 0.750. The topological polar surface area (TPSA) is 64.9 Å². The fourth-order valence-electron chi connectivity index (χ4n) is 1.67. The van der Waals surface area contributed by atoms with E-state index in [1.807, 2.05) is 18.7 Å². The molecule has 0 bridgehead atoms. The number of amides is 1. The Morgan fingerprint density at radius 1 is 1.75 bits per heavy atom. The molecule has 5 heteroatoms. The highest BCUT2D eigenvalue weighted by molar-refractivity contribution is 7.99. The Morgan fingerprint density at radius 3 is 3.12 bits per heavy atom. The summed E-state index contributed by atoms with van der Waals surface area (Å²) in [5.74, 6) is 2.19. The largest absolute Gasteiger partial charge is 0.352 e. The van der Waals surface area contributed by atoms with Crippen molar-refractivity contribution >= 4 is 17.7 Å². The maximum atomic E-state index is 11.7. The van der Waals surface area contributed by atoms with Crippen LogP contribution in [-0.4, -0.2) is 36.0 Å². The molecule has 1 aliphatic heterocycles. The van der Waals surface area contributed by atoms with Gasteiger partial charge in [0.05, 0.1) is 12.5 Å². The molecule has 0 saturated carbocycles. The SMILES string of the molecule is CCC(CC#N)NC(=O)CC1CSCCN1. The Hall–Kier alpha value is -0.730. The molecule has 1 fully saturated rings. The Kier molecular flexibility index (Phi) is 6.27. The van der Waals surface area contributed by atoms with Crippen molar-refractivity contribution in [2.45, 2.75) is 38.3 Å². The number of hydrogen-bond acceptors (Lipinski definition) is 4. The predicted molar refractivity (Wildman–Crippen MR) is 66.2 cm³/mol. The van der Waals surface area contributed by atoms with E-state index >= 15 is 0 Å². The molecule has 1 saturated heterocycles. The van der Waals surface area contributed by atoms with E-state index < -0.39 is 0 Å². The lowest BCUT2D eigenvalue weighted by molar-refractivity contribution is -0.122. The zero-order valence-electron chi connectivity index (χ0n) is 9.66. The van der Waals surface area contributed by atoms with Gasteiger partial charge in [-0.25, -0.2) is 0 Å². The van der Waals surface area contributed by atoms with Crippen LogP contribution in [0.4, 0.5) is 0 Å². The second kappa shape index (κ2) is 7.53. The number of nitriles is 1. The van der Waals surface area contributed by atoms with Crippen LogP contribution in [0.15, 0.2) is 0 Å². The average Bonchev–Trinajstić information content (AvgIpc) is 2.29. The molecule has 90 valence electrons. The van der Waals surface area contributed by atoms with Crippen molar-refractivity contribution in [3.63, 3.8) is 0 Å². The van der Waals surface area contributed by atoms with Gasteiger partial charge in [-0.05, 0) is 6.42 Å². The first kappa shape index (κ1) is 13.3. The lowest BCUT2D eigenvalue weighted by Crippen LogP contribution is -2.43. The highest BCUT2D eigenvalue weighted by Crippen LogP contribution is 2.10. The van der Waals surface area contributed by atoms with Crippen molar-refractivity contribution in [3.05, 3.63) is 0 Å². The van der Waals surface area contributed by atoms with Crippen LogP contribution in [0.1, 0.15) is 26.2 Å². The number of nitrogens with one attached hydrogen (secondary N) is 2. The van der Waals surface area contributed by atoms with Crippen LogP contribution in [0, 0.1) is 11.3 Å². The molecule has 0 aromatic carbocycles. The molecule has 1 amide bonds. The summed E-state index contributed by atoms with van der Waals surface area (Å²) in [7, 11) is 0. The molecule has 0 radical (unpaired) electrons. The van der Waals surface area contributed by atoms with Gasteiger partial charge in [-0.2, -0.15) is 17.0 Å². The normalized spacial score (nSPS) is 22.1. The summed E-state index contributed by atoms with van der Waals surface area (Å²) >= 11 is 1.89. The molecule has 0 spiro atoms. The maximum Gasteiger partial charge on any atom is 0.221 e. The van der Waals surface area contributed by atoms with Crippen molar-refractivity contribution in [3.8, 4) is 6.07 Å². The molecule has 0 aromatic rings. The van der Waals surface area contributed by atoms with Crippen LogP contribution in [0.2, 0.25) is 0 Å². The summed E-state index contributed by atoms with van der Waals surface area (Å²) in [5, 5.41) is 14.8. The third-order valence-corrected chi connectivity index (χ3v) is 3.76. The molecule has 1 rings (SSSR count). The molecular weight excluding hydrogens is 222 g/mol. The third kappa shape index (κ3) is 4.86. The average molecular weight is 241 g/mol. The first-order valence-corrected chi connectivity index (χ1v) is 6.89. The van der Waals surface area contributed by atoms with Crippen LogP contribution in [-0.2, 0) is 4.79 Å². The number of nitrogens with zero attached hydrogens (tertiary/aromatic N) is 1.